The SMILES string of the molecule is Nc1nccc(OC2(C(F)(F)F)CNC2)n1. The molecule has 0 saturated carbocycles. The second kappa shape index (κ2) is 3.48. The second-order valence-corrected chi connectivity index (χ2v) is 3.45. The monoisotopic (exact) mass is 234 g/mol. The van der Waals surface area contributed by atoms with Gasteiger partial charge in [0.1, 0.15) is 0 Å². The number of nitrogens with two attached hydrogens (primary N) is 1. The van der Waals surface area contributed by atoms with Gasteiger partial charge >= 0.3 is 6.18 Å². The molecule has 0 atom stereocenters. The van der Waals surface area contributed by atoms with Gasteiger partial charge in [0, 0.05) is 25.4 Å². The molecule has 88 valence electrons. The molecule has 1 aromatic heterocycles. The van der Waals surface area contributed by atoms with Crippen LogP contribution in [0.25, 0.3) is 0 Å². The molecule has 1 fully saturated rings. The van der Waals surface area contributed by atoms with Gasteiger partial charge in [-0.2, -0.15) is 18.2 Å². The summed E-state index contributed by atoms with van der Waals surface area (Å²) < 4.78 is 43.0. The van der Waals surface area contributed by atoms with Crippen molar-refractivity contribution in [3.8, 4) is 5.88 Å². The molecule has 0 aromatic carbocycles. The van der Waals surface area contributed by atoms with Gasteiger partial charge in [-0.05, 0) is 0 Å². The van der Waals surface area contributed by atoms with E-state index < -0.39 is 11.8 Å². The summed E-state index contributed by atoms with van der Waals surface area (Å²) in [5, 5.41) is 2.52. The highest BCUT2D eigenvalue weighted by molar-refractivity contribution is 5.22. The molecule has 16 heavy (non-hydrogen) atoms. The zero-order chi connectivity index (χ0) is 11.8. The van der Waals surface area contributed by atoms with Crippen LogP contribution in [-0.4, -0.2) is 34.8 Å². The zero-order valence-electron chi connectivity index (χ0n) is 8.08. The van der Waals surface area contributed by atoms with Crippen LogP contribution < -0.4 is 15.8 Å². The molecule has 2 heterocycles. The van der Waals surface area contributed by atoms with E-state index in [0.29, 0.717) is 0 Å². The summed E-state index contributed by atoms with van der Waals surface area (Å²) in [5.41, 5.74) is 3.05. The Kier molecular flexibility index (Phi) is 2.38. The normalized spacial score (nSPS) is 18.9. The van der Waals surface area contributed by atoms with Crippen molar-refractivity contribution in [3.05, 3.63) is 12.3 Å². The number of nitrogens with zero attached hydrogens (tertiary/aromatic N) is 2. The van der Waals surface area contributed by atoms with Crippen LogP contribution in [0.3, 0.4) is 0 Å². The van der Waals surface area contributed by atoms with Crippen molar-refractivity contribution < 1.29 is 17.9 Å². The molecule has 0 radical (unpaired) electrons. The Labute approximate surface area is 88.8 Å². The minimum atomic E-state index is -4.45. The molecule has 1 aromatic rings. The third-order valence-electron chi connectivity index (χ3n) is 2.29. The fourth-order valence-electron chi connectivity index (χ4n) is 1.30. The summed E-state index contributed by atoms with van der Waals surface area (Å²) in [5.74, 6) is -0.298. The second-order valence-electron chi connectivity index (χ2n) is 3.45. The van der Waals surface area contributed by atoms with Gasteiger partial charge in [-0.1, -0.05) is 0 Å². The smallest absolute Gasteiger partial charge is 0.430 e. The Hall–Kier alpha value is -1.57. The van der Waals surface area contributed by atoms with Crippen molar-refractivity contribution in [2.45, 2.75) is 11.8 Å². The molecular weight excluding hydrogens is 225 g/mol. The van der Waals surface area contributed by atoms with E-state index in [2.05, 4.69) is 15.3 Å². The topological polar surface area (TPSA) is 73.1 Å². The first-order valence-corrected chi connectivity index (χ1v) is 4.48. The standard InChI is InChI=1S/C8H9F3N4O/c9-8(10,11)7(3-13-4-7)16-5-1-2-14-6(12)15-5/h1-2,13H,3-4H2,(H2,12,14,15). The highest BCUT2D eigenvalue weighted by atomic mass is 19.4. The fourth-order valence-corrected chi connectivity index (χ4v) is 1.30. The molecule has 0 unspecified atom stereocenters. The van der Waals surface area contributed by atoms with Gasteiger partial charge in [0.15, 0.2) is 0 Å². The predicted octanol–water partition coefficient (Wildman–Crippen LogP) is 0.342. The Balaban J connectivity index is 2.20. The van der Waals surface area contributed by atoms with Crippen LogP contribution >= 0.6 is 0 Å². The van der Waals surface area contributed by atoms with Crippen LogP contribution in [0, 0.1) is 0 Å². The lowest BCUT2D eigenvalue weighted by Gasteiger charge is -2.42. The molecule has 1 aliphatic rings. The van der Waals surface area contributed by atoms with Crippen molar-refractivity contribution in [2.75, 3.05) is 18.8 Å². The van der Waals surface area contributed by atoms with Crippen LogP contribution in [-0.2, 0) is 0 Å². The van der Waals surface area contributed by atoms with E-state index in [4.69, 9.17) is 10.5 Å². The number of alkyl halides is 3. The van der Waals surface area contributed by atoms with Crippen LogP contribution in [0.4, 0.5) is 19.1 Å². The van der Waals surface area contributed by atoms with Gasteiger partial charge in [-0.3, -0.25) is 0 Å². The first-order chi connectivity index (χ1) is 7.43. The molecule has 0 amide bonds. The first-order valence-electron chi connectivity index (χ1n) is 4.48. The average Bonchev–Trinajstić information content (AvgIpc) is 2.09. The van der Waals surface area contributed by atoms with E-state index >= 15 is 0 Å². The molecule has 1 saturated heterocycles. The van der Waals surface area contributed by atoms with E-state index in [9.17, 15) is 13.2 Å². The maximum absolute atomic E-state index is 12.7. The van der Waals surface area contributed by atoms with E-state index in [-0.39, 0.29) is 24.9 Å². The molecule has 3 N–H and O–H groups in total. The van der Waals surface area contributed by atoms with E-state index in [1.807, 2.05) is 0 Å². The number of hydrogen-bond acceptors (Lipinski definition) is 5. The lowest BCUT2D eigenvalue weighted by Crippen LogP contribution is -2.71. The molecule has 0 bridgehead atoms. The van der Waals surface area contributed by atoms with E-state index in [0.717, 1.165) is 0 Å². The summed E-state index contributed by atoms with van der Waals surface area (Å²) >= 11 is 0. The summed E-state index contributed by atoms with van der Waals surface area (Å²) in [7, 11) is 0. The summed E-state index contributed by atoms with van der Waals surface area (Å²) in [6, 6.07) is 1.24. The summed E-state index contributed by atoms with van der Waals surface area (Å²) in [4.78, 5) is 7.14. The zero-order valence-corrected chi connectivity index (χ0v) is 8.08. The Bertz CT molecular complexity index is 391. The fraction of sp³-hybridized carbons (Fsp3) is 0.500. The first kappa shape index (κ1) is 10.9. The Morgan fingerprint density at radius 1 is 1.44 bits per heavy atom. The number of nitrogens with one attached hydrogen (secondary N) is 1. The lowest BCUT2D eigenvalue weighted by atomic mass is 9.96. The van der Waals surface area contributed by atoms with Crippen molar-refractivity contribution in [3.63, 3.8) is 0 Å². The van der Waals surface area contributed by atoms with Gasteiger partial charge in [-0.25, -0.2) is 4.98 Å². The lowest BCUT2D eigenvalue weighted by molar-refractivity contribution is -0.264. The van der Waals surface area contributed by atoms with Crippen LogP contribution in [0.15, 0.2) is 12.3 Å². The van der Waals surface area contributed by atoms with Gasteiger partial charge in [-0.15, -0.1) is 0 Å². The largest absolute Gasteiger partial charge is 0.458 e. The minimum Gasteiger partial charge on any atom is -0.458 e. The number of nitrogen functional groups attached to an aromatic ring is 1. The Morgan fingerprint density at radius 3 is 2.56 bits per heavy atom. The molecule has 0 aliphatic carbocycles. The maximum atomic E-state index is 12.7. The third-order valence-corrected chi connectivity index (χ3v) is 2.29. The van der Waals surface area contributed by atoms with E-state index in [1.165, 1.54) is 12.3 Å². The quantitative estimate of drug-likeness (QED) is 0.772. The Morgan fingerprint density at radius 2 is 2.12 bits per heavy atom. The maximum Gasteiger partial charge on any atom is 0.430 e. The van der Waals surface area contributed by atoms with Gasteiger partial charge in [0.25, 0.3) is 0 Å². The van der Waals surface area contributed by atoms with Crippen molar-refractivity contribution in [1.82, 2.24) is 15.3 Å². The molecule has 5 nitrogen and oxygen atoms in total. The third kappa shape index (κ3) is 1.75. The average molecular weight is 234 g/mol. The van der Waals surface area contributed by atoms with E-state index in [1.54, 1.807) is 0 Å². The van der Waals surface area contributed by atoms with Crippen LogP contribution in [0.1, 0.15) is 0 Å². The van der Waals surface area contributed by atoms with Crippen LogP contribution in [0.5, 0.6) is 5.88 Å². The number of anilines is 1. The molecule has 0 spiro atoms. The molecule has 2 rings (SSSR count). The van der Waals surface area contributed by atoms with Crippen molar-refractivity contribution in [2.24, 2.45) is 0 Å². The number of hydrogen-bond donors (Lipinski definition) is 2. The molecule has 8 heteroatoms. The molecule has 1 aliphatic heterocycles. The summed E-state index contributed by atoms with van der Waals surface area (Å²) in [6.07, 6.45) is -3.20. The number of rotatable bonds is 2. The number of aromatic nitrogens is 2. The van der Waals surface area contributed by atoms with Gasteiger partial charge in [0.05, 0.1) is 0 Å². The highest BCUT2D eigenvalue weighted by Gasteiger charge is 2.61. The number of halogens is 3. The van der Waals surface area contributed by atoms with Gasteiger partial charge < -0.3 is 15.8 Å². The predicted molar refractivity (Wildman–Crippen MR) is 48.7 cm³/mol. The summed E-state index contributed by atoms with van der Waals surface area (Å²) in [6.45, 7) is -0.583. The molecular formula is C8H9F3N4O. The van der Waals surface area contributed by atoms with Crippen molar-refractivity contribution >= 4 is 5.95 Å². The minimum absolute atomic E-state index is 0.123. The van der Waals surface area contributed by atoms with Crippen molar-refractivity contribution in [1.29, 1.82) is 0 Å². The van der Waals surface area contributed by atoms with Gasteiger partial charge in [0.2, 0.25) is 17.4 Å². The number of ether oxygens (including phenoxy) is 1. The highest BCUT2D eigenvalue weighted by Crippen LogP contribution is 2.37. The van der Waals surface area contributed by atoms with Crippen LogP contribution in [0.2, 0.25) is 0 Å².